The van der Waals surface area contributed by atoms with Crippen molar-refractivity contribution in [2.24, 2.45) is 7.05 Å². The Balaban J connectivity index is 1.36. The quantitative estimate of drug-likeness (QED) is 0.845. The minimum atomic E-state index is -0.216. The summed E-state index contributed by atoms with van der Waals surface area (Å²) < 4.78 is 13.2. The van der Waals surface area contributed by atoms with Crippen LogP contribution < -0.4 is 0 Å². The van der Waals surface area contributed by atoms with Gasteiger partial charge in [-0.3, -0.25) is 14.4 Å². The van der Waals surface area contributed by atoms with Gasteiger partial charge < -0.3 is 14.1 Å². The van der Waals surface area contributed by atoms with E-state index in [1.165, 1.54) is 5.56 Å². The monoisotopic (exact) mass is 344 g/mol. The Morgan fingerprint density at radius 2 is 2.16 bits per heavy atom. The molecule has 2 aliphatic heterocycles. The van der Waals surface area contributed by atoms with E-state index in [-0.39, 0.29) is 11.5 Å². The molecule has 4 heterocycles. The number of hydrogen-bond donors (Lipinski definition) is 0. The predicted molar refractivity (Wildman–Crippen MR) is 91.0 cm³/mol. The van der Waals surface area contributed by atoms with Gasteiger partial charge in [-0.2, -0.15) is 5.10 Å². The number of furan rings is 1. The summed E-state index contributed by atoms with van der Waals surface area (Å²) in [6, 6.07) is 3.47. The number of morpholine rings is 1. The molecule has 0 bridgehead atoms. The van der Waals surface area contributed by atoms with E-state index in [9.17, 15) is 4.79 Å². The number of hydrogen-bond acceptors (Lipinski definition) is 5. The van der Waals surface area contributed by atoms with Crippen LogP contribution in [-0.2, 0) is 18.3 Å². The van der Waals surface area contributed by atoms with E-state index in [1.54, 1.807) is 18.4 Å². The Labute approximate surface area is 147 Å². The standard InChI is InChI=1S/C18H24N4O3/c1-20-12-15(11-19-20)13-21-6-4-18(5-7-21)14-22(8-10-25-18)17(23)16-3-2-9-24-16/h2-3,9,11-12H,4-8,10,13-14H2,1H3. The molecule has 0 aromatic carbocycles. The molecule has 25 heavy (non-hydrogen) atoms. The molecule has 1 amide bonds. The molecule has 0 radical (unpaired) electrons. The van der Waals surface area contributed by atoms with Crippen molar-refractivity contribution < 1.29 is 13.9 Å². The Bertz CT molecular complexity index is 717. The maximum Gasteiger partial charge on any atom is 0.289 e. The summed E-state index contributed by atoms with van der Waals surface area (Å²) in [5, 5.41) is 4.23. The second kappa shape index (κ2) is 6.65. The second-order valence-electron chi connectivity index (χ2n) is 7.03. The summed E-state index contributed by atoms with van der Waals surface area (Å²) in [4.78, 5) is 16.9. The van der Waals surface area contributed by atoms with Crippen molar-refractivity contribution >= 4 is 5.91 Å². The zero-order chi connectivity index (χ0) is 17.3. The lowest BCUT2D eigenvalue weighted by atomic mass is 9.89. The van der Waals surface area contributed by atoms with Crippen LogP contribution >= 0.6 is 0 Å². The fourth-order valence-electron chi connectivity index (χ4n) is 3.81. The van der Waals surface area contributed by atoms with Gasteiger partial charge >= 0.3 is 0 Å². The van der Waals surface area contributed by atoms with Gasteiger partial charge in [0.2, 0.25) is 0 Å². The number of likely N-dealkylation sites (tertiary alicyclic amines) is 1. The summed E-state index contributed by atoms with van der Waals surface area (Å²) in [5.41, 5.74) is 1.02. The smallest absolute Gasteiger partial charge is 0.289 e. The summed E-state index contributed by atoms with van der Waals surface area (Å²) in [5.74, 6) is 0.372. The van der Waals surface area contributed by atoms with Gasteiger partial charge in [0.25, 0.3) is 5.91 Å². The van der Waals surface area contributed by atoms with E-state index in [1.807, 2.05) is 22.8 Å². The molecule has 7 nitrogen and oxygen atoms in total. The lowest BCUT2D eigenvalue weighted by Gasteiger charge is -2.47. The minimum absolute atomic E-state index is 0.0366. The first-order chi connectivity index (χ1) is 12.1. The summed E-state index contributed by atoms with van der Waals surface area (Å²) >= 11 is 0. The fourth-order valence-corrected chi connectivity index (χ4v) is 3.81. The van der Waals surface area contributed by atoms with Crippen LogP contribution in [0.4, 0.5) is 0 Å². The lowest BCUT2D eigenvalue weighted by Crippen LogP contribution is -2.57. The first kappa shape index (κ1) is 16.4. The number of piperidine rings is 1. The zero-order valence-electron chi connectivity index (χ0n) is 14.6. The highest BCUT2D eigenvalue weighted by Gasteiger charge is 2.41. The Morgan fingerprint density at radius 1 is 1.32 bits per heavy atom. The molecule has 4 rings (SSSR count). The number of amides is 1. The minimum Gasteiger partial charge on any atom is -0.459 e. The van der Waals surface area contributed by atoms with E-state index < -0.39 is 0 Å². The number of nitrogens with zero attached hydrogens (tertiary/aromatic N) is 4. The van der Waals surface area contributed by atoms with Gasteiger partial charge in [0, 0.05) is 45.0 Å². The zero-order valence-corrected chi connectivity index (χ0v) is 14.6. The third-order valence-electron chi connectivity index (χ3n) is 5.20. The van der Waals surface area contributed by atoms with Crippen molar-refractivity contribution in [2.45, 2.75) is 25.0 Å². The number of ether oxygens (including phenoxy) is 1. The van der Waals surface area contributed by atoms with Crippen LogP contribution in [0.1, 0.15) is 29.0 Å². The van der Waals surface area contributed by atoms with Gasteiger partial charge in [-0.05, 0) is 25.0 Å². The maximum absolute atomic E-state index is 12.6. The van der Waals surface area contributed by atoms with E-state index >= 15 is 0 Å². The third-order valence-corrected chi connectivity index (χ3v) is 5.20. The van der Waals surface area contributed by atoms with Crippen LogP contribution in [0.15, 0.2) is 35.2 Å². The molecule has 2 fully saturated rings. The molecule has 0 N–H and O–H groups in total. The van der Waals surface area contributed by atoms with Crippen molar-refractivity contribution in [2.75, 3.05) is 32.8 Å². The summed E-state index contributed by atoms with van der Waals surface area (Å²) in [7, 11) is 1.94. The number of aromatic nitrogens is 2. The summed E-state index contributed by atoms with van der Waals surface area (Å²) in [6.07, 6.45) is 7.40. The average Bonchev–Trinajstić information content (AvgIpc) is 3.29. The first-order valence-electron chi connectivity index (χ1n) is 8.80. The van der Waals surface area contributed by atoms with Crippen LogP contribution in [0.5, 0.6) is 0 Å². The van der Waals surface area contributed by atoms with E-state index in [4.69, 9.17) is 9.15 Å². The van der Waals surface area contributed by atoms with Gasteiger partial charge in [0.05, 0.1) is 31.2 Å². The van der Waals surface area contributed by atoms with Gasteiger partial charge in [0.1, 0.15) is 0 Å². The van der Waals surface area contributed by atoms with E-state index in [0.717, 1.165) is 32.5 Å². The van der Waals surface area contributed by atoms with Crippen molar-refractivity contribution in [3.63, 3.8) is 0 Å². The molecule has 2 aliphatic rings. The lowest BCUT2D eigenvalue weighted by molar-refractivity contribution is -0.128. The fraction of sp³-hybridized carbons (Fsp3) is 0.556. The second-order valence-corrected chi connectivity index (χ2v) is 7.03. The Morgan fingerprint density at radius 3 is 2.84 bits per heavy atom. The molecule has 2 aromatic heterocycles. The molecule has 0 unspecified atom stereocenters. The van der Waals surface area contributed by atoms with E-state index in [0.29, 0.717) is 25.5 Å². The number of rotatable bonds is 3. The van der Waals surface area contributed by atoms with Crippen LogP contribution in [0.2, 0.25) is 0 Å². The average molecular weight is 344 g/mol. The van der Waals surface area contributed by atoms with Crippen molar-refractivity contribution in [3.05, 3.63) is 42.1 Å². The molecular formula is C18H24N4O3. The highest BCUT2D eigenvalue weighted by Crippen LogP contribution is 2.31. The number of aryl methyl sites for hydroxylation is 1. The first-order valence-corrected chi connectivity index (χ1v) is 8.80. The SMILES string of the molecule is Cn1cc(CN2CCC3(CC2)CN(C(=O)c2ccco2)CCO3)cn1. The highest BCUT2D eigenvalue weighted by atomic mass is 16.5. The maximum atomic E-state index is 12.6. The van der Waals surface area contributed by atoms with Crippen molar-refractivity contribution in [1.29, 1.82) is 0 Å². The molecule has 0 saturated carbocycles. The normalized spacial score (nSPS) is 20.9. The Hall–Kier alpha value is -2.12. The number of carbonyl (C=O) groups excluding carboxylic acids is 1. The van der Waals surface area contributed by atoms with Gasteiger partial charge in [-0.25, -0.2) is 0 Å². The van der Waals surface area contributed by atoms with E-state index in [2.05, 4.69) is 16.2 Å². The molecule has 0 atom stereocenters. The molecule has 7 heteroatoms. The molecule has 0 aliphatic carbocycles. The molecule has 2 saturated heterocycles. The number of carbonyl (C=O) groups is 1. The predicted octanol–water partition coefficient (Wildman–Crippen LogP) is 1.52. The summed E-state index contributed by atoms with van der Waals surface area (Å²) in [6.45, 7) is 4.72. The van der Waals surface area contributed by atoms with Gasteiger partial charge in [0.15, 0.2) is 5.76 Å². The van der Waals surface area contributed by atoms with Crippen molar-refractivity contribution in [1.82, 2.24) is 19.6 Å². The molecular weight excluding hydrogens is 320 g/mol. The van der Waals surface area contributed by atoms with Crippen LogP contribution in [0.25, 0.3) is 0 Å². The van der Waals surface area contributed by atoms with Crippen molar-refractivity contribution in [3.8, 4) is 0 Å². The highest BCUT2D eigenvalue weighted by molar-refractivity contribution is 5.91. The molecule has 134 valence electrons. The molecule has 1 spiro atoms. The van der Waals surface area contributed by atoms with Crippen LogP contribution in [0, 0.1) is 0 Å². The van der Waals surface area contributed by atoms with Gasteiger partial charge in [-0.1, -0.05) is 0 Å². The third kappa shape index (κ3) is 3.48. The van der Waals surface area contributed by atoms with Gasteiger partial charge in [-0.15, -0.1) is 0 Å². The molecule has 2 aromatic rings. The van der Waals surface area contributed by atoms with Crippen LogP contribution in [0.3, 0.4) is 0 Å². The Kier molecular flexibility index (Phi) is 4.35. The topological polar surface area (TPSA) is 63.7 Å². The largest absolute Gasteiger partial charge is 0.459 e. The van der Waals surface area contributed by atoms with Crippen LogP contribution in [-0.4, -0.2) is 63.9 Å².